The van der Waals surface area contributed by atoms with Crippen LogP contribution in [0.5, 0.6) is 11.5 Å². The molecule has 3 aromatic rings. The number of carboxylic acid groups (broad SMARTS) is 1. The number of hydrogen-bond acceptors (Lipinski definition) is 8. The first kappa shape index (κ1) is 28.8. The number of para-hydroxylation sites is 1. The van der Waals surface area contributed by atoms with Crippen molar-refractivity contribution in [3.05, 3.63) is 68.1 Å². The fourth-order valence-electron chi connectivity index (χ4n) is 4.60. The molecule has 4 rings (SSSR count). The molecule has 0 bridgehead atoms. The molecule has 1 amide bonds. The molecule has 0 radical (unpaired) electrons. The number of nitrogens with zero attached hydrogens (tertiary/aromatic N) is 2. The average Bonchev–Trinajstić information content (AvgIpc) is 3.24. The van der Waals surface area contributed by atoms with Crippen molar-refractivity contribution in [2.45, 2.75) is 39.4 Å². The smallest absolute Gasteiger partial charge is 0.347 e. The Bertz CT molecular complexity index is 1390. The van der Waals surface area contributed by atoms with E-state index in [1.165, 1.54) is 14.2 Å². The van der Waals surface area contributed by atoms with Crippen molar-refractivity contribution < 1.29 is 34.0 Å². The molecule has 0 unspecified atom stereocenters. The minimum absolute atomic E-state index is 0.0537. The van der Waals surface area contributed by atoms with Gasteiger partial charge in [-0.25, -0.2) is 9.78 Å². The van der Waals surface area contributed by atoms with Gasteiger partial charge in [0.25, 0.3) is 5.91 Å². The molecule has 208 valence electrons. The molecule has 9 nitrogen and oxygen atoms in total. The Morgan fingerprint density at radius 2 is 1.95 bits per heavy atom. The van der Waals surface area contributed by atoms with Crippen molar-refractivity contribution in [1.82, 2.24) is 4.98 Å². The van der Waals surface area contributed by atoms with Crippen LogP contribution < -0.4 is 14.4 Å². The Morgan fingerprint density at radius 1 is 1.21 bits per heavy atom. The predicted molar refractivity (Wildman–Crippen MR) is 148 cm³/mol. The maximum atomic E-state index is 14.2. The summed E-state index contributed by atoms with van der Waals surface area (Å²) < 4.78 is 17.8. The summed E-state index contributed by atoms with van der Waals surface area (Å²) in [5, 5.41) is 20.5. The van der Waals surface area contributed by atoms with Gasteiger partial charge in [0.2, 0.25) is 0 Å². The number of aromatic carboxylic acids is 1. The zero-order chi connectivity index (χ0) is 28.5. The van der Waals surface area contributed by atoms with Crippen LogP contribution in [0, 0.1) is 12.3 Å². The number of carbonyl (C=O) groups excluding carboxylic acids is 1. The summed E-state index contributed by atoms with van der Waals surface area (Å²) in [5.41, 5.74) is 1.61. The second kappa shape index (κ2) is 11.5. The average molecular weight is 575 g/mol. The molecule has 0 fully saturated rings. The van der Waals surface area contributed by atoms with Crippen LogP contribution in [0.25, 0.3) is 0 Å². The summed E-state index contributed by atoms with van der Waals surface area (Å²) >= 11 is 7.48. The van der Waals surface area contributed by atoms with Gasteiger partial charge >= 0.3 is 5.97 Å². The maximum absolute atomic E-state index is 14.2. The van der Waals surface area contributed by atoms with Crippen molar-refractivity contribution in [2.75, 3.05) is 32.3 Å². The van der Waals surface area contributed by atoms with Crippen molar-refractivity contribution in [2.24, 2.45) is 5.41 Å². The topological polar surface area (TPSA) is 118 Å². The number of aromatic nitrogens is 1. The number of thiazole rings is 1. The third kappa shape index (κ3) is 5.89. The molecule has 0 aliphatic carbocycles. The molecule has 1 aliphatic rings. The fraction of sp³-hybridized carbons (Fsp3) is 0.393. The van der Waals surface area contributed by atoms with Gasteiger partial charge in [0.15, 0.2) is 11.5 Å². The number of carbonyl (C=O) groups is 2. The number of benzene rings is 2. The SMILES string of the molecule is COc1cccc([C@H]2O[C@H](Cc3nc(C)c(C(=O)O)s3)C(=O)N(CC(C)(C)CO)c3ccc(Cl)cc32)c1OC. The van der Waals surface area contributed by atoms with E-state index in [2.05, 4.69) is 4.98 Å². The lowest BCUT2D eigenvalue weighted by Gasteiger charge is -2.32. The van der Waals surface area contributed by atoms with Gasteiger partial charge in [0, 0.05) is 46.8 Å². The van der Waals surface area contributed by atoms with Gasteiger partial charge in [-0.1, -0.05) is 37.6 Å². The number of anilines is 1. The van der Waals surface area contributed by atoms with Crippen LogP contribution in [0.1, 0.15) is 51.5 Å². The normalized spacial score (nSPS) is 17.5. The van der Waals surface area contributed by atoms with Crippen LogP contribution in [0.2, 0.25) is 5.02 Å². The standard InChI is InChI=1S/C28H31ClN2O7S/c1-15-25(27(34)35)39-22(30-15)12-21-26(33)31(13-28(2,3)14-32)19-10-9-16(29)11-18(19)23(38-21)17-7-6-8-20(36-4)24(17)37-5/h6-11,21,23,32H,12-14H2,1-5H3,(H,34,35)/t21-,23-/m1/s1. The first-order valence-corrected chi connectivity index (χ1v) is 13.5. The largest absolute Gasteiger partial charge is 0.493 e. The highest BCUT2D eigenvalue weighted by Gasteiger charge is 2.40. The predicted octanol–water partition coefficient (Wildman–Crippen LogP) is 4.90. The lowest BCUT2D eigenvalue weighted by atomic mass is 9.92. The second-order valence-electron chi connectivity index (χ2n) is 10.1. The second-order valence-corrected chi connectivity index (χ2v) is 11.6. The van der Waals surface area contributed by atoms with Gasteiger partial charge in [-0.05, 0) is 31.2 Å². The summed E-state index contributed by atoms with van der Waals surface area (Å²) in [5.74, 6) is -0.468. The summed E-state index contributed by atoms with van der Waals surface area (Å²) in [6.07, 6.45) is -1.77. The molecule has 2 N–H and O–H groups in total. The monoisotopic (exact) mass is 574 g/mol. The number of aryl methyl sites for hydroxylation is 1. The van der Waals surface area contributed by atoms with Crippen molar-refractivity contribution in [3.8, 4) is 11.5 Å². The van der Waals surface area contributed by atoms with Crippen LogP contribution >= 0.6 is 22.9 Å². The lowest BCUT2D eigenvalue weighted by molar-refractivity contribution is -0.132. The summed E-state index contributed by atoms with van der Waals surface area (Å²) in [4.78, 5) is 31.9. The van der Waals surface area contributed by atoms with Crippen LogP contribution in [0.4, 0.5) is 5.69 Å². The van der Waals surface area contributed by atoms with Crippen molar-refractivity contribution in [1.29, 1.82) is 0 Å². The fourth-order valence-corrected chi connectivity index (χ4v) is 5.72. The minimum atomic E-state index is -1.07. The van der Waals surface area contributed by atoms with Gasteiger partial charge in [-0.15, -0.1) is 11.3 Å². The van der Waals surface area contributed by atoms with E-state index in [4.69, 9.17) is 25.8 Å². The lowest BCUT2D eigenvalue weighted by Crippen LogP contribution is -2.45. The Kier molecular flexibility index (Phi) is 8.51. The number of halogens is 1. The summed E-state index contributed by atoms with van der Waals surface area (Å²) in [6.45, 7) is 5.41. The molecule has 0 spiro atoms. The number of fused-ring (bicyclic) bond motifs is 1. The Labute approximate surface area is 235 Å². The van der Waals surface area contributed by atoms with Gasteiger partial charge in [-0.3, -0.25) is 4.79 Å². The van der Waals surface area contributed by atoms with Crippen molar-refractivity contribution >= 4 is 40.5 Å². The Morgan fingerprint density at radius 3 is 2.56 bits per heavy atom. The minimum Gasteiger partial charge on any atom is -0.493 e. The highest BCUT2D eigenvalue weighted by atomic mass is 35.5. The number of amides is 1. The number of carboxylic acids is 1. The summed E-state index contributed by atoms with van der Waals surface area (Å²) in [6, 6.07) is 10.6. The number of rotatable bonds is 9. The molecule has 0 saturated heterocycles. The Balaban J connectivity index is 1.91. The molecule has 2 atom stereocenters. The van der Waals surface area contributed by atoms with Gasteiger partial charge in [0.1, 0.15) is 17.1 Å². The van der Waals surface area contributed by atoms with Crippen LogP contribution in [-0.4, -0.2) is 60.5 Å². The number of aliphatic hydroxyl groups excluding tert-OH is 1. The number of ether oxygens (including phenoxy) is 3. The van der Waals surface area contributed by atoms with E-state index >= 15 is 0 Å². The first-order valence-electron chi connectivity index (χ1n) is 12.3. The molecular weight excluding hydrogens is 544 g/mol. The van der Waals surface area contributed by atoms with E-state index in [9.17, 15) is 19.8 Å². The maximum Gasteiger partial charge on any atom is 0.347 e. The Hall–Kier alpha value is -3.18. The molecule has 0 saturated carbocycles. The van der Waals surface area contributed by atoms with Crippen LogP contribution in [-0.2, 0) is 16.0 Å². The number of aliphatic hydroxyl groups is 1. The van der Waals surface area contributed by atoms with Crippen molar-refractivity contribution in [3.63, 3.8) is 0 Å². The molecule has 2 aromatic carbocycles. The van der Waals surface area contributed by atoms with Gasteiger partial charge in [0.05, 0.1) is 24.9 Å². The van der Waals surface area contributed by atoms with Gasteiger partial charge in [-0.2, -0.15) is 0 Å². The van der Waals surface area contributed by atoms with E-state index in [1.807, 2.05) is 26.0 Å². The van der Waals surface area contributed by atoms with E-state index < -0.39 is 23.6 Å². The van der Waals surface area contributed by atoms with E-state index in [1.54, 1.807) is 36.1 Å². The highest BCUT2D eigenvalue weighted by Crippen LogP contribution is 2.45. The highest BCUT2D eigenvalue weighted by molar-refractivity contribution is 7.13. The molecule has 11 heteroatoms. The molecule has 1 aromatic heterocycles. The molecule has 2 heterocycles. The number of hydrogen-bond donors (Lipinski definition) is 2. The number of methoxy groups -OCH3 is 2. The third-order valence-corrected chi connectivity index (χ3v) is 7.93. The quantitative estimate of drug-likeness (QED) is 0.370. The van der Waals surface area contributed by atoms with E-state index in [0.717, 1.165) is 11.3 Å². The van der Waals surface area contributed by atoms with Gasteiger partial charge < -0.3 is 29.3 Å². The van der Waals surface area contributed by atoms with Crippen LogP contribution in [0.15, 0.2) is 36.4 Å². The molecule has 1 aliphatic heterocycles. The van der Waals surface area contributed by atoms with Crippen LogP contribution in [0.3, 0.4) is 0 Å². The zero-order valence-electron chi connectivity index (χ0n) is 22.4. The van der Waals surface area contributed by atoms with E-state index in [-0.39, 0.29) is 30.4 Å². The zero-order valence-corrected chi connectivity index (χ0v) is 23.9. The molecular formula is C28H31ClN2O7S. The van der Waals surface area contributed by atoms with E-state index in [0.29, 0.717) is 44.0 Å². The summed E-state index contributed by atoms with van der Waals surface area (Å²) in [7, 11) is 3.07. The molecule has 39 heavy (non-hydrogen) atoms. The first-order chi connectivity index (χ1) is 18.5. The third-order valence-electron chi connectivity index (χ3n) is 6.53.